The molecule has 2 aromatic heterocycles. The largest absolute Gasteiger partial charge is 0.493 e. The van der Waals surface area contributed by atoms with Gasteiger partial charge in [0.15, 0.2) is 5.78 Å². The van der Waals surface area contributed by atoms with Gasteiger partial charge in [-0.1, -0.05) is 42.5 Å². The number of aromatic nitrogens is 2. The number of carbonyl (C=O) groups is 1. The number of carbonyl (C=O) groups excluding carboxylic acids is 1. The summed E-state index contributed by atoms with van der Waals surface area (Å²) in [6.45, 7) is 0.582. The van der Waals surface area contributed by atoms with Crippen LogP contribution in [0.25, 0.3) is 11.3 Å². The molecule has 0 radical (unpaired) electrons. The van der Waals surface area contributed by atoms with Gasteiger partial charge in [-0.15, -0.1) is 11.3 Å². The number of para-hydroxylation sites is 1. The van der Waals surface area contributed by atoms with E-state index in [4.69, 9.17) is 4.74 Å². The Bertz CT molecular complexity index is 1020. The second-order valence-corrected chi connectivity index (χ2v) is 7.40. The van der Waals surface area contributed by atoms with Gasteiger partial charge in [0.25, 0.3) is 0 Å². The maximum absolute atomic E-state index is 12.2. The zero-order valence-electron chi connectivity index (χ0n) is 15.3. The number of Topliss-reactive ketones (excluding diaryl/α,β-unsaturated/α-hetero) is 1. The number of ether oxygens (including phenoxy) is 1. The van der Waals surface area contributed by atoms with Crippen molar-refractivity contribution in [2.75, 3.05) is 6.61 Å². The van der Waals surface area contributed by atoms with Gasteiger partial charge in [-0.2, -0.15) is 0 Å². The molecular formula is C23H20N2O2S. The number of rotatable bonds is 8. The van der Waals surface area contributed by atoms with E-state index in [-0.39, 0.29) is 5.78 Å². The highest BCUT2D eigenvalue weighted by molar-refractivity contribution is 7.12. The van der Waals surface area contributed by atoms with E-state index in [2.05, 4.69) is 22.1 Å². The summed E-state index contributed by atoms with van der Waals surface area (Å²) in [4.78, 5) is 20.2. The molecule has 5 heteroatoms. The Kier molecular flexibility index (Phi) is 5.64. The van der Waals surface area contributed by atoms with Crippen molar-refractivity contribution in [1.82, 2.24) is 9.97 Å². The predicted molar refractivity (Wildman–Crippen MR) is 112 cm³/mol. The van der Waals surface area contributed by atoms with Crippen molar-refractivity contribution >= 4 is 17.1 Å². The average molecular weight is 388 g/mol. The summed E-state index contributed by atoms with van der Waals surface area (Å²) in [5, 5.41) is 1.93. The van der Waals surface area contributed by atoms with E-state index in [1.165, 1.54) is 16.9 Å². The Morgan fingerprint density at radius 1 is 1.00 bits per heavy atom. The zero-order valence-corrected chi connectivity index (χ0v) is 16.1. The fraction of sp³-hybridized carbons (Fsp3) is 0.130. The number of H-pyrrole nitrogens is 1. The van der Waals surface area contributed by atoms with Crippen LogP contribution in [-0.4, -0.2) is 22.4 Å². The van der Waals surface area contributed by atoms with Crippen LogP contribution in [0, 0.1) is 0 Å². The molecule has 0 bridgehead atoms. The molecule has 2 heterocycles. The third-order valence-corrected chi connectivity index (χ3v) is 5.42. The van der Waals surface area contributed by atoms with Gasteiger partial charge in [-0.25, -0.2) is 4.98 Å². The smallest absolute Gasteiger partial charge is 0.177 e. The second kappa shape index (κ2) is 8.67. The van der Waals surface area contributed by atoms with Crippen LogP contribution in [0.15, 0.2) is 78.6 Å². The van der Waals surface area contributed by atoms with Gasteiger partial charge >= 0.3 is 0 Å². The van der Waals surface area contributed by atoms with Crippen LogP contribution in [0.5, 0.6) is 5.75 Å². The summed E-state index contributed by atoms with van der Waals surface area (Å²) >= 11 is 1.49. The molecule has 0 aliphatic carbocycles. The molecule has 0 spiro atoms. The van der Waals surface area contributed by atoms with E-state index in [1.807, 2.05) is 53.9 Å². The topological polar surface area (TPSA) is 55.0 Å². The lowest BCUT2D eigenvalue weighted by molar-refractivity contribution is 0.0997. The Labute approximate surface area is 167 Å². The van der Waals surface area contributed by atoms with E-state index in [0.717, 1.165) is 33.9 Å². The zero-order chi connectivity index (χ0) is 19.2. The van der Waals surface area contributed by atoms with Crippen LogP contribution in [0.3, 0.4) is 0 Å². The van der Waals surface area contributed by atoms with Crippen molar-refractivity contribution < 1.29 is 9.53 Å². The molecule has 4 rings (SSSR count). The Balaban J connectivity index is 1.33. The highest BCUT2D eigenvalue weighted by atomic mass is 32.1. The van der Waals surface area contributed by atoms with Gasteiger partial charge < -0.3 is 9.72 Å². The molecule has 2 aromatic carbocycles. The number of hydrogen-bond acceptors (Lipinski definition) is 4. The van der Waals surface area contributed by atoms with Gasteiger partial charge in [0.05, 0.1) is 29.7 Å². The maximum atomic E-state index is 12.2. The summed E-state index contributed by atoms with van der Waals surface area (Å²) in [7, 11) is 0. The second-order valence-electron chi connectivity index (χ2n) is 6.45. The lowest BCUT2D eigenvalue weighted by Crippen LogP contribution is -2.04. The minimum Gasteiger partial charge on any atom is -0.493 e. The standard InChI is InChI=1S/C23H20N2O2S/c26-21(23-6-3-13-28-23)14-18-9-7-17(8-10-18)11-12-27-22-5-2-1-4-19(22)20-15-24-16-25-20/h1-10,13,15-16H,11-12,14H2,(H,24,25). The number of hydrogen-bond donors (Lipinski definition) is 1. The first-order valence-corrected chi connectivity index (χ1v) is 10.0. The summed E-state index contributed by atoms with van der Waals surface area (Å²) in [5.41, 5.74) is 4.16. The van der Waals surface area contributed by atoms with Crippen LogP contribution in [0.2, 0.25) is 0 Å². The van der Waals surface area contributed by atoms with E-state index < -0.39 is 0 Å². The normalized spacial score (nSPS) is 10.7. The van der Waals surface area contributed by atoms with Crippen molar-refractivity contribution in [1.29, 1.82) is 0 Å². The first-order chi connectivity index (χ1) is 13.8. The summed E-state index contributed by atoms with van der Waals surface area (Å²) in [6, 6.07) is 19.9. The lowest BCUT2D eigenvalue weighted by atomic mass is 10.0. The van der Waals surface area contributed by atoms with Gasteiger partial charge in [0.2, 0.25) is 0 Å². The average Bonchev–Trinajstić information content (AvgIpc) is 3.44. The maximum Gasteiger partial charge on any atom is 0.177 e. The molecule has 0 saturated heterocycles. The van der Waals surface area contributed by atoms with Crippen LogP contribution >= 0.6 is 11.3 Å². The van der Waals surface area contributed by atoms with Crippen molar-refractivity contribution in [2.24, 2.45) is 0 Å². The first-order valence-electron chi connectivity index (χ1n) is 9.15. The molecule has 0 amide bonds. The molecule has 0 aliphatic heterocycles. The van der Waals surface area contributed by atoms with Gasteiger partial charge in [-0.3, -0.25) is 4.79 Å². The molecule has 140 valence electrons. The molecule has 0 atom stereocenters. The molecule has 0 aliphatic rings. The Morgan fingerprint density at radius 2 is 1.82 bits per heavy atom. The highest BCUT2D eigenvalue weighted by Crippen LogP contribution is 2.28. The fourth-order valence-electron chi connectivity index (χ4n) is 3.03. The van der Waals surface area contributed by atoms with Crippen LogP contribution in [0.1, 0.15) is 20.8 Å². The number of nitrogens with zero attached hydrogens (tertiary/aromatic N) is 1. The first kappa shape index (κ1) is 18.2. The number of ketones is 1. The summed E-state index contributed by atoms with van der Waals surface area (Å²) in [5.74, 6) is 1.01. The number of thiophene rings is 1. The van der Waals surface area contributed by atoms with Crippen LogP contribution in [0.4, 0.5) is 0 Å². The van der Waals surface area contributed by atoms with Crippen molar-refractivity contribution in [3.05, 3.63) is 94.6 Å². The third kappa shape index (κ3) is 4.38. The van der Waals surface area contributed by atoms with E-state index in [0.29, 0.717) is 13.0 Å². The summed E-state index contributed by atoms with van der Waals surface area (Å²) in [6.07, 6.45) is 4.70. The Hall–Kier alpha value is -3.18. The fourth-order valence-corrected chi connectivity index (χ4v) is 3.70. The van der Waals surface area contributed by atoms with Crippen molar-refractivity contribution in [3.63, 3.8) is 0 Å². The van der Waals surface area contributed by atoms with Crippen molar-refractivity contribution in [2.45, 2.75) is 12.8 Å². The molecule has 1 N–H and O–H groups in total. The van der Waals surface area contributed by atoms with E-state index >= 15 is 0 Å². The predicted octanol–water partition coefficient (Wildman–Crippen LogP) is 5.19. The number of benzene rings is 2. The minimum atomic E-state index is 0.168. The van der Waals surface area contributed by atoms with Crippen LogP contribution in [-0.2, 0) is 12.8 Å². The number of imidazole rings is 1. The number of aromatic amines is 1. The molecule has 4 nitrogen and oxygen atoms in total. The molecule has 0 unspecified atom stereocenters. The third-order valence-electron chi connectivity index (χ3n) is 4.51. The van der Waals surface area contributed by atoms with Gasteiger partial charge in [0, 0.05) is 18.4 Å². The molecule has 0 saturated carbocycles. The Morgan fingerprint density at radius 3 is 2.57 bits per heavy atom. The van der Waals surface area contributed by atoms with Gasteiger partial charge in [-0.05, 0) is 34.7 Å². The monoisotopic (exact) mass is 388 g/mol. The molecule has 0 fully saturated rings. The molecular weight excluding hydrogens is 368 g/mol. The highest BCUT2D eigenvalue weighted by Gasteiger charge is 2.09. The van der Waals surface area contributed by atoms with E-state index in [1.54, 1.807) is 12.5 Å². The minimum absolute atomic E-state index is 0.168. The molecule has 28 heavy (non-hydrogen) atoms. The lowest BCUT2D eigenvalue weighted by Gasteiger charge is -2.10. The van der Waals surface area contributed by atoms with Crippen LogP contribution < -0.4 is 4.74 Å². The quantitative estimate of drug-likeness (QED) is 0.423. The number of nitrogens with one attached hydrogen (secondary N) is 1. The SMILES string of the molecule is O=C(Cc1ccc(CCOc2ccccc2-c2cnc[nH]2)cc1)c1cccs1. The summed E-state index contributed by atoms with van der Waals surface area (Å²) < 4.78 is 6.01. The van der Waals surface area contributed by atoms with Crippen molar-refractivity contribution in [3.8, 4) is 17.0 Å². The molecule has 4 aromatic rings. The van der Waals surface area contributed by atoms with E-state index in [9.17, 15) is 4.79 Å². The van der Waals surface area contributed by atoms with Gasteiger partial charge in [0.1, 0.15) is 5.75 Å².